The minimum absolute atomic E-state index is 0.0127. The number of benzene rings is 2. The normalized spacial score (nSPS) is 11.6. The first-order valence-electron chi connectivity index (χ1n) is 8.99. The van der Waals surface area contributed by atoms with Crippen LogP contribution in [0, 0.1) is 0 Å². The number of ether oxygens (including phenoxy) is 2. The average molecular weight is 414 g/mol. The van der Waals surface area contributed by atoms with Crippen LogP contribution in [-0.4, -0.2) is 28.1 Å². The zero-order valence-corrected chi connectivity index (χ0v) is 15.8. The number of methoxy groups -OCH3 is 1. The summed E-state index contributed by atoms with van der Waals surface area (Å²) in [7, 11) is 1.53. The second-order valence-electron chi connectivity index (χ2n) is 6.65. The fraction of sp³-hybridized carbons (Fsp3) is 0.136. The molecule has 1 N–H and O–H groups in total. The summed E-state index contributed by atoms with van der Waals surface area (Å²) in [5.74, 6) is 0.236. The molecule has 2 aromatic carbocycles. The fourth-order valence-electron chi connectivity index (χ4n) is 3.34. The van der Waals surface area contributed by atoms with Gasteiger partial charge in [0.25, 0.3) is 0 Å². The molecule has 4 rings (SSSR count). The highest BCUT2D eigenvalue weighted by molar-refractivity contribution is 5.97. The second-order valence-corrected chi connectivity index (χ2v) is 6.65. The Labute approximate surface area is 169 Å². The first-order chi connectivity index (χ1) is 14.3. The highest BCUT2D eigenvalue weighted by Gasteiger charge is 2.31. The second kappa shape index (κ2) is 7.62. The molecular weight excluding hydrogens is 397 g/mol. The maximum atomic E-state index is 12.3. The average Bonchev–Trinajstić information content (AvgIpc) is 3.04. The minimum Gasteiger partial charge on any atom is -0.496 e. The van der Waals surface area contributed by atoms with Gasteiger partial charge in [-0.2, -0.15) is 0 Å². The highest BCUT2D eigenvalue weighted by Crippen LogP contribution is 2.39. The van der Waals surface area contributed by atoms with Gasteiger partial charge < -0.3 is 19.1 Å². The van der Waals surface area contributed by atoms with Gasteiger partial charge in [-0.25, -0.2) is 0 Å². The fourth-order valence-corrected chi connectivity index (χ4v) is 3.34. The molecule has 0 bridgehead atoms. The monoisotopic (exact) mass is 414 g/mol. The maximum Gasteiger partial charge on any atom is 0.573 e. The number of pyridine rings is 1. The summed E-state index contributed by atoms with van der Waals surface area (Å²) in [5, 5.41) is 12.1. The van der Waals surface area contributed by atoms with E-state index in [0.717, 1.165) is 16.5 Å². The number of hydrogen-bond acceptors (Lipinski definition) is 4. The molecule has 2 aromatic heterocycles. The van der Waals surface area contributed by atoms with Crippen molar-refractivity contribution in [3.05, 3.63) is 72.7 Å². The van der Waals surface area contributed by atoms with Crippen LogP contribution in [0.4, 0.5) is 13.2 Å². The Kier molecular flexibility index (Phi) is 4.99. The zero-order valence-electron chi connectivity index (χ0n) is 15.8. The summed E-state index contributed by atoms with van der Waals surface area (Å²) < 4.78 is 47.9. The molecule has 5 nitrogen and oxygen atoms in total. The molecular formula is C22H17F3N2O3. The SMILES string of the molecule is COc1cc(-c2ccncc2)cc2cn(Cc3ccc(OC(F)(F)F)cc3)c(O)c12. The standard InChI is InChI=1S/C22H17F3N2O3/c1-29-19-11-16(15-6-8-26-9-7-15)10-17-13-27(21(28)20(17)19)12-14-2-4-18(5-3-14)30-22(23,24)25/h2-11,13,28H,12H2,1H3. The molecule has 2 heterocycles. The minimum atomic E-state index is -4.74. The molecule has 30 heavy (non-hydrogen) atoms. The molecule has 0 aliphatic rings. The van der Waals surface area contributed by atoms with Crippen molar-refractivity contribution >= 4 is 10.8 Å². The van der Waals surface area contributed by atoms with Crippen LogP contribution >= 0.6 is 0 Å². The van der Waals surface area contributed by atoms with Crippen LogP contribution in [0.25, 0.3) is 21.9 Å². The number of rotatable bonds is 5. The molecule has 0 aliphatic heterocycles. The number of alkyl halides is 3. The topological polar surface area (TPSA) is 56.5 Å². The first kappa shape index (κ1) is 19.6. The van der Waals surface area contributed by atoms with Crippen LogP contribution < -0.4 is 9.47 Å². The van der Waals surface area contributed by atoms with E-state index in [4.69, 9.17) is 4.74 Å². The molecule has 4 aromatic rings. The Hall–Kier alpha value is -3.68. The molecule has 0 radical (unpaired) electrons. The van der Waals surface area contributed by atoms with Crippen molar-refractivity contribution in [2.75, 3.05) is 7.11 Å². The largest absolute Gasteiger partial charge is 0.573 e. The van der Waals surface area contributed by atoms with Gasteiger partial charge in [0.2, 0.25) is 5.88 Å². The summed E-state index contributed by atoms with van der Waals surface area (Å²) in [4.78, 5) is 4.02. The number of hydrogen-bond donors (Lipinski definition) is 1. The van der Waals surface area contributed by atoms with Gasteiger partial charge in [-0.1, -0.05) is 12.1 Å². The van der Waals surface area contributed by atoms with Crippen LogP contribution in [0.1, 0.15) is 5.56 Å². The van der Waals surface area contributed by atoms with Crippen molar-refractivity contribution in [2.24, 2.45) is 0 Å². The smallest absolute Gasteiger partial charge is 0.496 e. The van der Waals surface area contributed by atoms with E-state index in [1.807, 2.05) is 24.3 Å². The number of fused-ring (bicyclic) bond motifs is 1. The lowest BCUT2D eigenvalue weighted by Crippen LogP contribution is -2.17. The number of aromatic nitrogens is 2. The number of nitrogens with zero attached hydrogens (tertiary/aromatic N) is 2. The lowest BCUT2D eigenvalue weighted by atomic mass is 10.0. The van der Waals surface area contributed by atoms with Crippen molar-refractivity contribution in [3.8, 4) is 28.5 Å². The number of halogens is 3. The van der Waals surface area contributed by atoms with Gasteiger partial charge in [-0.15, -0.1) is 13.2 Å². The molecule has 0 amide bonds. The molecule has 0 aliphatic carbocycles. The molecule has 0 fully saturated rings. The summed E-state index contributed by atoms with van der Waals surface area (Å²) >= 11 is 0. The van der Waals surface area contributed by atoms with Crippen LogP contribution in [0.2, 0.25) is 0 Å². The third-order valence-electron chi connectivity index (χ3n) is 4.67. The predicted octanol–water partition coefficient (Wildman–Crippen LogP) is 5.36. The third kappa shape index (κ3) is 4.03. The van der Waals surface area contributed by atoms with Gasteiger partial charge in [0.15, 0.2) is 0 Å². The summed E-state index contributed by atoms with van der Waals surface area (Å²) in [6, 6.07) is 13.0. The van der Waals surface area contributed by atoms with Gasteiger partial charge >= 0.3 is 6.36 Å². The Morgan fingerprint density at radius 3 is 2.33 bits per heavy atom. The van der Waals surface area contributed by atoms with E-state index in [0.29, 0.717) is 16.7 Å². The van der Waals surface area contributed by atoms with E-state index in [1.165, 1.54) is 31.4 Å². The van der Waals surface area contributed by atoms with Gasteiger partial charge in [0.05, 0.1) is 19.0 Å². The van der Waals surface area contributed by atoms with Crippen LogP contribution in [0.15, 0.2) is 67.1 Å². The Morgan fingerprint density at radius 1 is 1.00 bits per heavy atom. The molecule has 154 valence electrons. The van der Waals surface area contributed by atoms with Crippen LogP contribution in [0.3, 0.4) is 0 Å². The quantitative estimate of drug-likeness (QED) is 0.477. The Bertz CT molecular complexity index is 1170. The highest BCUT2D eigenvalue weighted by atomic mass is 19.4. The van der Waals surface area contributed by atoms with Gasteiger partial charge in [0, 0.05) is 24.0 Å². The maximum absolute atomic E-state index is 12.3. The number of aromatic hydroxyl groups is 1. The van der Waals surface area contributed by atoms with E-state index in [9.17, 15) is 18.3 Å². The summed E-state index contributed by atoms with van der Waals surface area (Å²) in [6.07, 6.45) is 0.431. The molecule has 0 saturated carbocycles. The van der Waals surface area contributed by atoms with E-state index >= 15 is 0 Å². The van der Waals surface area contributed by atoms with E-state index in [2.05, 4.69) is 9.72 Å². The predicted molar refractivity (Wildman–Crippen MR) is 106 cm³/mol. The summed E-state index contributed by atoms with van der Waals surface area (Å²) in [6.45, 7) is 0.264. The molecule has 0 spiro atoms. The van der Waals surface area contributed by atoms with E-state index < -0.39 is 6.36 Å². The van der Waals surface area contributed by atoms with Gasteiger partial charge in [0.1, 0.15) is 11.5 Å². The zero-order chi connectivity index (χ0) is 21.3. The van der Waals surface area contributed by atoms with Crippen molar-refractivity contribution in [3.63, 3.8) is 0 Å². The van der Waals surface area contributed by atoms with Gasteiger partial charge in [-0.3, -0.25) is 4.98 Å². The third-order valence-corrected chi connectivity index (χ3v) is 4.67. The van der Waals surface area contributed by atoms with E-state index in [1.54, 1.807) is 23.2 Å². The van der Waals surface area contributed by atoms with Gasteiger partial charge in [-0.05, 0) is 53.1 Å². The Morgan fingerprint density at radius 2 is 1.70 bits per heavy atom. The van der Waals surface area contributed by atoms with Crippen molar-refractivity contribution in [2.45, 2.75) is 12.9 Å². The Balaban J connectivity index is 1.67. The lowest BCUT2D eigenvalue weighted by molar-refractivity contribution is -0.274. The van der Waals surface area contributed by atoms with E-state index in [-0.39, 0.29) is 18.2 Å². The first-order valence-corrected chi connectivity index (χ1v) is 8.99. The molecule has 0 unspecified atom stereocenters. The molecule has 0 saturated heterocycles. The molecule has 8 heteroatoms. The van der Waals surface area contributed by atoms with Crippen LogP contribution in [0.5, 0.6) is 17.4 Å². The van der Waals surface area contributed by atoms with Crippen LogP contribution in [-0.2, 0) is 6.54 Å². The molecule has 0 atom stereocenters. The van der Waals surface area contributed by atoms with Crippen molar-refractivity contribution in [1.29, 1.82) is 0 Å². The van der Waals surface area contributed by atoms with Crippen molar-refractivity contribution in [1.82, 2.24) is 9.55 Å². The summed E-state index contributed by atoms with van der Waals surface area (Å²) in [5.41, 5.74) is 2.57. The lowest BCUT2D eigenvalue weighted by Gasteiger charge is -2.10. The van der Waals surface area contributed by atoms with Crippen molar-refractivity contribution < 1.29 is 27.8 Å².